The highest BCUT2D eigenvalue weighted by molar-refractivity contribution is 5.95. The molecule has 1 aromatic carbocycles. The topological polar surface area (TPSA) is 58.2 Å². The zero-order valence-corrected chi connectivity index (χ0v) is 10.7. The van der Waals surface area contributed by atoms with E-state index in [9.17, 15) is 14.0 Å². The summed E-state index contributed by atoms with van der Waals surface area (Å²) in [7, 11) is 0. The Hall–Kier alpha value is -1.91. The number of carbonyl (C=O) groups is 2. The monoisotopic (exact) mass is 252 g/mol. The molecule has 4 nitrogen and oxygen atoms in total. The molecule has 0 fully saturated rings. The molecule has 0 aliphatic rings. The average Bonchev–Trinajstić information content (AvgIpc) is 2.24. The summed E-state index contributed by atoms with van der Waals surface area (Å²) in [5.41, 5.74) is 4.17. The molecule has 0 saturated carbocycles. The van der Waals surface area contributed by atoms with Crippen molar-refractivity contribution in [1.29, 1.82) is 0 Å². The van der Waals surface area contributed by atoms with Crippen LogP contribution in [0.1, 0.15) is 37.6 Å². The molecule has 0 aliphatic heterocycles. The predicted octanol–water partition coefficient (Wildman–Crippen LogP) is 2.02. The number of hydrazine groups is 1. The summed E-state index contributed by atoms with van der Waals surface area (Å²) in [6, 6.07) is 5.58. The third kappa shape index (κ3) is 4.53. The van der Waals surface area contributed by atoms with Gasteiger partial charge in [-0.2, -0.15) is 0 Å². The van der Waals surface area contributed by atoms with E-state index in [1.165, 1.54) is 18.2 Å². The van der Waals surface area contributed by atoms with E-state index in [0.29, 0.717) is 0 Å². The second-order valence-corrected chi connectivity index (χ2v) is 5.22. The molecule has 1 aromatic rings. The first kappa shape index (κ1) is 14.2. The number of nitrogens with one attached hydrogen (secondary N) is 2. The van der Waals surface area contributed by atoms with Crippen LogP contribution in [0.4, 0.5) is 4.39 Å². The predicted molar refractivity (Wildman–Crippen MR) is 66.1 cm³/mol. The van der Waals surface area contributed by atoms with Crippen molar-refractivity contribution in [2.45, 2.75) is 27.2 Å². The first-order valence-corrected chi connectivity index (χ1v) is 5.63. The summed E-state index contributed by atoms with van der Waals surface area (Å²) in [6.07, 6.45) is 0.268. The maximum absolute atomic E-state index is 13.3. The summed E-state index contributed by atoms with van der Waals surface area (Å²) in [4.78, 5) is 23.0. The van der Waals surface area contributed by atoms with Gasteiger partial charge in [0, 0.05) is 6.42 Å². The number of rotatable bonds is 2. The summed E-state index contributed by atoms with van der Waals surface area (Å²) in [6.45, 7) is 5.72. The number of carbonyl (C=O) groups excluding carboxylic acids is 2. The summed E-state index contributed by atoms with van der Waals surface area (Å²) in [5.74, 6) is -1.61. The van der Waals surface area contributed by atoms with Gasteiger partial charge < -0.3 is 0 Å². The van der Waals surface area contributed by atoms with Crippen LogP contribution in [0.25, 0.3) is 0 Å². The fourth-order valence-corrected chi connectivity index (χ4v) is 1.37. The van der Waals surface area contributed by atoms with E-state index >= 15 is 0 Å². The Balaban J connectivity index is 2.52. The van der Waals surface area contributed by atoms with Crippen molar-refractivity contribution in [3.05, 3.63) is 35.6 Å². The van der Waals surface area contributed by atoms with Gasteiger partial charge in [-0.3, -0.25) is 20.4 Å². The van der Waals surface area contributed by atoms with Crippen LogP contribution in [0.2, 0.25) is 0 Å². The first-order valence-electron chi connectivity index (χ1n) is 5.63. The third-order valence-electron chi connectivity index (χ3n) is 2.12. The van der Waals surface area contributed by atoms with Gasteiger partial charge in [0.15, 0.2) is 0 Å². The molecule has 1 rings (SSSR count). The number of amides is 2. The van der Waals surface area contributed by atoms with Gasteiger partial charge in [-0.25, -0.2) is 4.39 Å². The first-order chi connectivity index (χ1) is 8.29. The molecule has 5 heteroatoms. The van der Waals surface area contributed by atoms with Gasteiger partial charge in [0.2, 0.25) is 5.91 Å². The van der Waals surface area contributed by atoms with Crippen LogP contribution in [0.3, 0.4) is 0 Å². The molecule has 0 heterocycles. The van der Waals surface area contributed by atoms with Gasteiger partial charge in [-0.1, -0.05) is 32.9 Å². The van der Waals surface area contributed by atoms with Crippen LogP contribution in [-0.4, -0.2) is 11.8 Å². The van der Waals surface area contributed by atoms with Crippen LogP contribution < -0.4 is 10.9 Å². The Bertz CT molecular complexity index is 453. The van der Waals surface area contributed by atoms with Crippen LogP contribution in [0.5, 0.6) is 0 Å². The Morgan fingerprint density at radius 1 is 1.17 bits per heavy atom. The smallest absolute Gasteiger partial charge is 0.272 e. The number of halogens is 1. The van der Waals surface area contributed by atoms with E-state index in [-0.39, 0.29) is 23.3 Å². The van der Waals surface area contributed by atoms with Crippen LogP contribution in [0, 0.1) is 11.2 Å². The second kappa shape index (κ2) is 5.62. The quantitative estimate of drug-likeness (QED) is 0.791. The van der Waals surface area contributed by atoms with Gasteiger partial charge in [-0.15, -0.1) is 0 Å². The van der Waals surface area contributed by atoms with E-state index in [1.807, 2.05) is 20.8 Å². The molecule has 0 bridgehead atoms. The van der Waals surface area contributed by atoms with Gasteiger partial charge in [-0.05, 0) is 17.5 Å². The largest absolute Gasteiger partial charge is 0.273 e. The lowest BCUT2D eigenvalue weighted by Gasteiger charge is -2.17. The molecule has 0 spiro atoms. The Kier molecular flexibility index (Phi) is 4.42. The van der Waals surface area contributed by atoms with E-state index < -0.39 is 11.7 Å². The number of hydrogen-bond donors (Lipinski definition) is 2. The number of hydrogen-bond acceptors (Lipinski definition) is 2. The lowest BCUT2D eigenvalue weighted by atomic mass is 9.92. The highest BCUT2D eigenvalue weighted by Crippen LogP contribution is 2.17. The van der Waals surface area contributed by atoms with Crippen molar-refractivity contribution >= 4 is 11.8 Å². The molecule has 0 saturated heterocycles. The van der Waals surface area contributed by atoms with Gasteiger partial charge in [0.1, 0.15) is 5.82 Å². The standard InChI is InChI=1S/C13H17FN2O2/c1-13(2,3)8-11(17)15-16-12(18)9-6-4-5-7-10(9)14/h4-7H,8H2,1-3H3,(H,15,17)(H,16,18). The lowest BCUT2D eigenvalue weighted by molar-refractivity contribution is -0.123. The van der Waals surface area contributed by atoms with Crippen molar-refractivity contribution in [2.75, 3.05) is 0 Å². The minimum Gasteiger partial charge on any atom is -0.273 e. The fourth-order valence-electron chi connectivity index (χ4n) is 1.37. The van der Waals surface area contributed by atoms with Crippen molar-refractivity contribution < 1.29 is 14.0 Å². The molecular weight excluding hydrogens is 235 g/mol. The Morgan fingerprint density at radius 2 is 1.78 bits per heavy atom. The van der Waals surface area contributed by atoms with Crippen molar-refractivity contribution in [3.63, 3.8) is 0 Å². The van der Waals surface area contributed by atoms with E-state index in [2.05, 4.69) is 10.9 Å². The molecule has 0 unspecified atom stereocenters. The molecule has 18 heavy (non-hydrogen) atoms. The van der Waals surface area contributed by atoms with Crippen LogP contribution >= 0.6 is 0 Å². The van der Waals surface area contributed by atoms with Gasteiger partial charge in [0.25, 0.3) is 5.91 Å². The number of benzene rings is 1. The molecular formula is C13H17FN2O2. The minimum atomic E-state index is -0.671. The highest BCUT2D eigenvalue weighted by Gasteiger charge is 2.17. The zero-order valence-electron chi connectivity index (χ0n) is 10.7. The maximum Gasteiger partial charge on any atom is 0.272 e. The summed E-state index contributed by atoms with van der Waals surface area (Å²) in [5, 5.41) is 0. The van der Waals surface area contributed by atoms with Crippen molar-refractivity contribution in [1.82, 2.24) is 10.9 Å². The molecule has 98 valence electrons. The SMILES string of the molecule is CC(C)(C)CC(=O)NNC(=O)c1ccccc1F. The van der Waals surface area contributed by atoms with E-state index in [4.69, 9.17) is 0 Å². The zero-order chi connectivity index (χ0) is 13.8. The Morgan fingerprint density at radius 3 is 2.33 bits per heavy atom. The van der Waals surface area contributed by atoms with Gasteiger partial charge in [0.05, 0.1) is 5.56 Å². The molecule has 2 N–H and O–H groups in total. The average molecular weight is 252 g/mol. The van der Waals surface area contributed by atoms with Crippen molar-refractivity contribution in [3.8, 4) is 0 Å². The van der Waals surface area contributed by atoms with E-state index in [1.54, 1.807) is 6.07 Å². The summed E-state index contributed by atoms with van der Waals surface area (Å²) >= 11 is 0. The minimum absolute atomic E-state index is 0.103. The molecule has 0 atom stereocenters. The second-order valence-electron chi connectivity index (χ2n) is 5.22. The van der Waals surface area contributed by atoms with E-state index in [0.717, 1.165) is 0 Å². The van der Waals surface area contributed by atoms with Crippen LogP contribution in [0.15, 0.2) is 24.3 Å². The Labute approximate surface area is 106 Å². The van der Waals surface area contributed by atoms with Gasteiger partial charge >= 0.3 is 0 Å². The maximum atomic E-state index is 13.3. The van der Waals surface area contributed by atoms with Crippen LogP contribution in [-0.2, 0) is 4.79 Å². The van der Waals surface area contributed by atoms with Crippen molar-refractivity contribution in [2.24, 2.45) is 5.41 Å². The highest BCUT2D eigenvalue weighted by atomic mass is 19.1. The fraction of sp³-hybridized carbons (Fsp3) is 0.385. The lowest BCUT2D eigenvalue weighted by Crippen LogP contribution is -2.43. The molecule has 0 aromatic heterocycles. The molecule has 2 amide bonds. The normalized spacial score (nSPS) is 10.9. The molecule has 0 radical (unpaired) electrons. The molecule has 0 aliphatic carbocycles. The third-order valence-corrected chi connectivity index (χ3v) is 2.12. The summed E-state index contributed by atoms with van der Waals surface area (Å²) < 4.78 is 13.3.